The number of para-hydroxylation sites is 1. The van der Waals surface area contributed by atoms with Crippen LogP contribution in [0.5, 0.6) is 0 Å². The summed E-state index contributed by atoms with van der Waals surface area (Å²) < 4.78 is 14.5. The number of aromatic nitrogens is 4. The zero-order chi connectivity index (χ0) is 18.1. The van der Waals surface area contributed by atoms with Gasteiger partial charge < -0.3 is 9.55 Å². The van der Waals surface area contributed by atoms with Crippen molar-refractivity contribution in [1.82, 2.24) is 19.7 Å². The highest BCUT2D eigenvalue weighted by Crippen LogP contribution is 2.37. The lowest BCUT2D eigenvalue weighted by molar-refractivity contribution is 0.451. The van der Waals surface area contributed by atoms with Crippen LogP contribution in [-0.2, 0) is 13.7 Å². The smallest absolute Gasteiger partial charge is 0.263 e. The van der Waals surface area contributed by atoms with Crippen LogP contribution in [0.1, 0.15) is 5.82 Å². The van der Waals surface area contributed by atoms with Crippen molar-refractivity contribution in [3.8, 4) is 11.1 Å². The van der Waals surface area contributed by atoms with E-state index in [1.165, 1.54) is 11.8 Å². The number of nitrogens with one attached hydrogen (secondary N) is 1. The third-order valence-electron chi connectivity index (χ3n) is 4.18. The van der Waals surface area contributed by atoms with Crippen molar-refractivity contribution in [3.63, 3.8) is 0 Å². The Balaban J connectivity index is 1.97. The first-order valence-electron chi connectivity index (χ1n) is 8.01. The zero-order valence-corrected chi connectivity index (χ0v) is 14.8. The molecule has 0 amide bonds. The van der Waals surface area contributed by atoms with Crippen molar-refractivity contribution in [1.29, 1.82) is 0 Å². The van der Waals surface area contributed by atoms with E-state index in [2.05, 4.69) is 15.2 Å². The van der Waals surface area contributed by atoms with Crippen LogP contribution in [0.3, 0.4) is 0 Å². The molecule has 130 valence electrons. The molecule has 0 unspecified atom stereocenters. The lowest BCUT2D eigenvalue weighted by Gasteiger charge is -2.12. The average molecular weight is 366 g/mol. The molecule has 2 aromatic carbocycles. The molecule has 4 rings (SSSR count). The number of rotatable bonds is 4. The summed E-state index contributed by atoms with van der Waals surface area (Å²) in [6.45, 7) is -0.705. The van der Waals surface area contributed by atoms with Crippen molar-refractivity contribution in [2.24, 2.45) is 7.05 Å². The van der Waals surface area contributed by atoms with E-state index in [4.69, 9.17) is 0 Å². The molecule has 2 heterocycles. The van der Waals surface area contributed by atoms with E-state index in [9.17, 15) is 9.18 Å². The van der Waals surface area contributed by atoms with E-state index in [1.807, 2.05) is 54.6 Å². The van der Waals surface area contributed by atoms with Gasteiger partial charge in [-0.2, -0.15) is 0 Å². The molecule has 0 atom stereocenters. The molecule has 0 bridgehead atoms. The molecule has 0 aliphatic heterocycles. The summed E-state index contributed by atoms with van der Waals surface area (Å²) in [7, 11) is 1.69. The highest BCUT2D eigenvalue weighted by Gasteiger charge is 2.19. The average Bonchev–Trinajstić information content (AvgIpc) is 3.02. The van der Waals surface area contributed by atoms with Gasteiger partial charge in [0.2, 0.25) is 0 Å². The highest BCUT2D eigenvalue weighted by molar-refractivity contribution is 7.99. The number of nitrogens with zero attached hydrogens (tertiary/aromatic N) is 3. The summed E-state index contributed by atoms with van der Waals surface area (Å²) in [5.74, 6) is 0.228. The molecule has 26 heavy (non-hydrogen) atoms. The van der Waals surface area contributed by atoms with Gasteiger partial charge in [0, 0.05) is 23.5 Å². The molecular formula is C19H15FN4OS. The number of benzene rings is 2. The molecule has 4 aromatic rings. The SMILES string of the molecule is Cn1c(CF)nnc1Sc1c(-c2ccccc2)c2ccccc2[nH]c1=O. The number of hydrogen-bond donors (Lipinski definition) is 1. The topological polar surface area (TPSA) is 63.6 Å². The number of pyridine rings is 1. The first-order valence-corrected chi connectivity index (χ1v) is 8.83. The van der Waals surface area contributed by atoms with E-state index in [1.54, 1.807) is 11.6 Å². The second-order valence-electron chi connectivity index (χ2n) is 5.76. The van der Waals surface area contributed by atoms with Crippen LogP contribution < -0.4 is 5.56 Å². The lowest BCUT2D eigenvalue weighted by Crippen LogP contribution is -2.11. The second-order valence-corrected chi connectivity index (χ2v) is 6.74. The molecular weight excluding hydrogens is 351 g/mol. The first kappa shape index (κ1) is 16.5. The third kappa shape index (κ3) is 2.80. The Bertz CT molecular complexity index is 1140. The van der Waals surface area contributed by atoms with Gasteiger partial charge in [-0.15, -0.1) is 10.2 Å². The number of aromatic amines is 1. The van der Waals surface area contributed by atoms with Crippen molar-refractivity contribution in [3.05, 3.63) is 70.8 Å². The Hall–Kier alpha value is -2.93. The Morgan fingerprint density at radius 1 is 1.08 bits per heavy atom. The lowest BCUT2D eigenvalue weighted by atomic mass is 10.0. The quantitative estimate of drug-likeness (QED) is 0.594. The number of fused-ring (bicyclic) bond motifs is 1. The molecule has 7 heteroatoms. The predicted molar refractivity (Wildman–Crippen MR) is 99.9 cm³/mol. The van der Waals surface area contributed by atoms with Crippen LogP contribution >= 0.6 is 11.8 Å². The molecule has 2 aromatic heterocycles. The zero-order valence-electron chi connectivity index (χ0n) is 13.9. The van der Waals surface area contributed by atoms with Crippen molar-refractivity contribution in [2.75, 3.05) is 0 Å². The summed E-state index contributed by atoms with van der Waals surface area (Å²) in [6.07, 6.45) is 0. The van der Waals surface area contributed by atoms with Crippen LogP contribution in [0.15, 0.2) is 69.4 Å². The van der Waals surface area contributed by atoms with Crippen LogP contribution in [0.25, 0.3) is 22.0 Å². The van der Waals surface area contributed by atoms with Gasteiger partial charge in [-0.25, -0.2) is 4.39 Å². The predicted octanol–water partition coefficient (Wildman–Crippen LogP) is 3.94. The Labute approximate surface area is 152 Å². The van der Waals surface area contributed by atoms with Crippen molar-refractivity contribution >= 4 is 22.7 Å². The fourth-order valence-corrected chi connectivity index (χ4v) is 3.84. The van der Waals surface area contributed by atoms with E-state index in [-0.39, 0.29) is 11.4 Å². The maximum absolute atomic E-state index is 13.0. The van der Waals surface area contributed by atoms with Crippen LogP contribution in [0.4, 0.5) is 4.39 Å². The van der Waals surface area contributed by atoms with Crippen LogP contribution in [-0.4, -0.2) is 19.7 Å². The summed E-state index contributed by atoms with van der Waals surface area (Å²) in [6, 6.07) is 17.4. The van der Waals surface area contributed by atoms with Gasteiger partial charge in [0.05, 0.1) is 4.90 Å². The molecule has 0 saturated carbocycles. The van der Waals surface area contributed by atoms with E-state index >= 15 is 0 Å². The molecule has 0 saturated heterocycles. The largest absolute Gasteiger partial charge is 0.321 e. The third-order valence-corrected chi connectivity index (χ3v) is 5.31. The highest BCUT2D eigenvalue weighted by atomic mass is 32.2. The fraction of sp³-hybridized carbons (Fsp3) is 0.105. The van der Waals surface area contributed by atoms with Gasteiger partial charge in [-0.3, -0.25) is 4.79 Å². The van der Waals surface area contributed by atoms with Gasteiger partial charge in [0.1, 0.15) is 6.67 Å². The van der Waals surface area contributed by atoms with E-state index in [0.29, 0.717) is 10.1 Å². The van der Waals surface area contributed by atoms with E-state index < -0.39 is 6.67 Å². The monoisotopic (exact) mass is 366 g/mol. The maximum atomic E-state index is 13.0. The molecule has 0 fully saturated rings. The Morgan fingerprint density at radius 3 is 2.54 bits per heavy atom. The summed E-state index contributed by atoms with van der Waals surface area (Å²) >= 11 is 1.19. The Kier molecular flexibility index (Phi) is 4.30. The minimum atomic E-state index is -0.705. The van der Waals surface area contributed by atoms with Crippen molar-refractivity contribution in [2.45, 2.75) is 16.7 Å². The van der Waals surface area contributed by atoms with Gasteiger partial charge in [0.25, 0.3) is 5.56 Å². The van der Waals surface area contributed by atoms with Crippen LogP contribution in [0.2, 0.25) is 0 Å². The number of halogens is 1. The maximum Gasteiger partial charge on any atom is 0.263 e. The number of hydrogen-bond acceptors (Lipinski definition) is 4. The number of H-pyrrole nitrogens is 1. The molecule has 0 spiro atoms. The molecule has 0 aliphatic carbocycles. The van der Waals surface area contributed by atoms with Crippen LogP contribution in [0, 0.1) is 0 Å². The summed E-state index contributed by atoms with van der Waals surface area (Å²) in [4.78, 5) is 16.2. The minimum Gasteiger partial charge on any atom is -0.321 e. The van der Waals surface area contributed by atoms with Crippen molar-refractivity contribution < 1.29 is 4.39 Å². The molecule has 0 radical (unpaired) electrons. The van der Waals surface area contributed by atoms with Gasteiger partial charge in [-0.1, -0.05) is 48.5 Å². The number of alkyl halides is 1. The summed E-state index contributed by atoms with van der Waals surface area (Å²) in [5.41, 5.74) is 2.32. The molecule has 5 nitrogen and oxygen atoms in total. The second kappa shape index (κ2) is 6.76. The molecule has 0 aliphatic rings. The minimum absolute atomic E-state index is 0.211. The van der Waals surface area contributed by atoms with E-state index in [0.717, 1.165) is 22.0 Å². The summed E-state index contributed by atoms with van der Waals surface area (Å²) in [5, 5.41) is 9.26. The first-order chi connectivity index (χ1) is 12.7. The molecule has 1 N–H and O–H groups in total. The van der Waals surface area contributed by atoms with Gasteiger partial charge in [-0.05, 0) is 23.4 Å². The Morgan fingerprint density at radius 2 is 1.81 bits per heavy atom. The fourth-order valence-electron chi connectivity index (χ4n) is 2.86. The van der Waals surface area contributed by atoms with Gasteiger partial charge in [0.15, 0.2) is 11.0 Å². The normalized spacial score (nSPS) is 11.2. The van der Waals surface area contributed by atoms with Gasteiger partial charge >= 0.3 is 0 Å². The standard InChI is InChI=1S/C19H15FN4OS/c1-24-15(11-20)22-23-19(24)26-17-16(12-7-3-2-4-8-12)13-9-5-6-10-14(13)21-18(17)25/h2-10H,11H2,1H3,(H,21,25).